The van der Waals surface area contributed by atoms with Gasteiger partial charge in [0.1, 0.15) is 0 Å². The van der Waals surface area contributed by atoms with Gasteiger partial charge in [-0.1, -0.05) is 30.8 Å². The molecule has 162 valence electrons. The van der Waals surface area contributed by atoms with E-state index < -0.39 is 0 Å². The van der Waals surface area contributed by atoms with E-state index in [1.165, 1.54) is 11.8 Å². The maximum absolute atomic E-state index is 12.3. The normalized spacial score (nSPS) is 12.5. The summed E-state index contributed by atoms with van der Waals surface area (Å²) in [5, 5.41) is 13.8. The van der Waals surface area contributed by atoms with E-state index in [2.05, 4.69) is 23.4 Å². The Morgan fingerprint density at radius 1 is 1.19 bits per heavy atom. The Morgan fingerprint density at radius 2 is 2.00 bits per heavy atom. The van der Waals surface area contributed by atoms with Crippen molar-refractivity contribution >= 4 is 34.2 Å². The van der Waals surface area contributed by atoms with Crippen LogP contribution >= 0.6 is 11.8 Å². The van der Waals surface area contributed by atoms with Gasteiger partial charge in [0.05, 0.1) is 17.0 Å². The second-order valence-corrected chi connectivity index (χ2v) is 8.68. The second-order valence-electron chi connectivity index (χ2n) is 7.74. The third-order valence-electron chi connectivity index (χ3n) is 5.20. The number of benzene rings is 1. The molecule has 8 nitrogen and oxygen atoms in total. The van der Waals surface area contributed by atoms with Crippen molar-refractivity contribution < 1.29 is 4.79 Å². The first-order valence-electron chi connectivity index (χ1n) is 10.5. The minimum absolute atomic E-state index is 0.00711. The summed E-state index contributed by atoms with van der Waals surface area (Å²) in [6, 6.07) is 10.1. The highest BCUT2D eigenvalue weighted by molar-refractivity contribution is 7.99. The molecule has 4 rings (SSSR count). The zero-order chi connectivity index (χ0) is 22.0. The van der Waals surface area contributed by atoms with E-state index in [9.17, 15) is 4.79 Å². The fourth-order valence-corrected chi connectivity index (χ4v) is 4.18. The monoisotopic (exact) mass is 437 g/mol. The van der Waals surface area contributed by atoms with Gasteiger partial charge in [0.2, 0.25) is 5.91 Å². The molecule has 4 aromatic rings. The molecule has 3 aromatic heterocycles. The number of hydrogen-bond donors (Lipinski definition) is 1. The second kappa shape index (κ2) is 9.05. The van der Waals surface area contributed by atoms with Gasteiger partial charge in [0, 0.05) is 30.1 Å². The summed E-state index contributed by atoms with van der Waals surface area (Å²) in [5.74, 6) is 1.01. The fraction of sp³-hybridized carbons (Fsp3) is 0.409. The molecule has 1 N–H and O–H groups in total. The van der Waals surface area contributed by atoms with Crippen LogP contribution in [-0.2, 0) is 17.8 Å². The lowest BCUT2D eigenvalue weighted by Crippen LogP contribution is -2.33. The minimum Gasteiger partial charge on any atom is -0.353 e. The smallest absolute Gasteiger partial charge is 0.230 e. The van der Waals surface area contributed by atoms with E-state index in [-0.39, 0.29) is 17.7 Å². The number of rotatable bonds is 8. The number of carbonyl (C=O) groups is 1. The standard InChI is InChI=1S/C22H27N7OS/c1-5-14(2)23-20(30)13-31-22-24-18-9-7-6-8-17(18)21-25-19(27-29(21)22)10-11-28-16(4)12-15(3)26-28/h6-9,12,14H,5,10-11,13H2,1-4H3,(H,23,30). The van der Waals surface area contributed by atoms with Gasteiger partial charge in [-0.05, 0) is 45.4 Å². The molecule has 0 bridgehead atoms. The maximum atomic E-state index is 12.3. The van der Waals surface area contributed by atoms with E-state index in [1.54, 1.807) is 4.52 Å². The van der Waals surface area contributed by atoms with E-state index >= 15 is 0 Å². The number of amides is 1. The summed E-state index contributed by atoms with van der Waals surface area (Å²) >= 11 is 1.38. The number of carbonyl (C=O) groups excluding carboxylic acids is 1. The Morgan fingerprint density at radius 3 is 2.74 bits per heavy atom. The van der Waals surface area contributed by atoms with Crippen LogP contribution in [0.2, 0.25) is 0 Å². The summed E-state index contributed by atoms with van der Waals surface area (Å²) < 4.78 is 3.74. The van der Waals surface area contributed by atoms with Gasteiger partial charge in [-0.2, -0.15) is 9.61 Å². The Kier molecular flexibility index (Phi) is 6.22. The molecule has 9 heteroatoms. The third-order valence-corrected chi connectivity index (χ3v) is 6.12. The number of aryl methyl sites for hydroxylation is 4. The van der Waals surface area contributed by atoms with Crippen LogP contribution in [-0.4, -0.2) is 47.1 Å². The van der Waals surface area contributed by atoms with E-state index in [0.29, 0.717) is 18.1 Å². The van der Waals surface area contributed by atoms with Crippen LogP contribution in [0.3, 0.4) is 0 Å². The summed E-state index contributed by atoms with van der Waals surface area (Å²) in [4.78, 5) is 21.8. The van der Waals surface area contributed by atoms with E-state index in [0.717, 1.165) is 40.2 Å². The summed E-state index contributed by atoms with van der Waals surface area (Å²) in [6.45, 7) is 8.80. The molecule has 0 radical (unpaired) electrons. The number of nitrogens with zero attached hydrogens (tertiary/aromatic N) is 6. The predicted molar refractivity (Wildman–Crippen MR) is 122 cm³/mol. The largest absolute Gasteiger partial charge is 0.353 e. The van der Waals surface area contributed by atoms with Gasteiger partial charge in [-0.15, -0.1) is 5.10 Å². The molecule has 1 aromatic carbocycles. The van der Waals surface area contributed by atoms with E-state index in [1.807, 2.05) is 49.7 Å². The van der Waals surface area contributed by atoms with Crippen molar-refractivity contribution in [3.05, 3.63) is 47.5 Å². The number of hydrogen-bond acceptors (Lipinski definition) is 6. The van der Waals surface area contributed by atoms with Crippen LogP contribution in [0.15, 0.2) is 35.5 Å². The topological polar surface area (TPSA) is 90.0 Å². The molecule has 0 aliphatic carbocycles. The molecule has 1 unspecified atom stereocenters. The molecular formula is C22H27N7OS. The third kappa shape index (κ3) is 4.71. The quantitative estimate of drug-likeness (QED) is 0.336. The van der Waals surface area contributed by atoms with Gasteiger partial charge in [0.15, 0.2) is 16.6 Å². The number of thioether (sulfide) groups is 1. The molecule has 0 saturated heterocycles. The van der Waals surface area contributed by atoms with Crippen LogP contribution in [0.1, 0.15) is 37.5 Å². The van der Waals surface area contributed by atoms with Crippen molar-refractivity contribution in [2.45, 2.75) is 58.3 Å². The Labute approximate surface area is 185 Å². The van der Waals surface area contributed by atoms with Crippen LogP contribution in [0.25, 0.3) is 16.6 Å². The number of para-hydroxylation sites is 1. The highest BCUT2D eigenvalue weighted by Gasteiger charge is 2.16. The molecule has 0 aliphatic heterocycles. The molecular weight excluding hydrogens is 410 g/mol. The van der Waals surface area contributed by atoms with E-state index in [4.69, 9.17) is 15.1 Å². The van der Waals surface area contributed by atoms with Crippen molar-refractivity contribution in [3.8, 4) is 0 Å². The van der Waals surface area contributed by atoms with Crippen LogP contribution in [0.5, 0.6) is 0 Å². The van der Waals surface area contributed by atoms with Crippen LogP contribution < -0.4 is 5.32 Å². The zero-order valence-electron chi connectivity index (χ0n) is 18.3. The predicted octanol–water partition coefficient (Wildman–Crippen LogP) is 3.34. The molecule has 0 saturated carbocycles. The lowest BCUT2D eigenvalue weighted by atomic mass is 10.2. The van der Waals surface area contributed by atoms with Crippen molar-refractivity contribution in [2.24, 2.45) is 0 Å². The number of fused-ring (bicyclic) bond motifs is 3. The average molecular weight is 438 g/mol. The Balaban J connectivity index is 1.62. The fourth-order valence-electron chi connectivity index (χ4n) is 3.43. The molecule has 0 aliphatic rings. The SMILES string of the molecule is CCC(C)NC(=O)CSc1nc2ccccc2c2nc(CCn3nc(C)cc3C)nn12. The number of nitrogens with one attached hydrogen (secondary N) is 1. The first-order valence-corrected chi connectivity index (χ1v) is 11.5. The molecule has 31 heavy (non-hydrogen) atoms. The van der Waals surface area contributed by atoms with Crippen LogP contribution in [0, 0.1) is 13.8 Å². The maximum Gasteiger partial charge on any atom is 0.230 e. The highest BCUT2D eigenvalue weighted by atomic mass is 32.2. The average Bonchev–Trinajstić information content (AvgIpc) is 3.32. The minimum atomic E-state index is -0.00711. The van der Waals surface area contributed by atoms with Crippen molar-refractivity contribution in [1.82, 2.24) is 34.7 Å². The summed E-state index contributed by atoms with van der Waals surface area (Å²) in [7, 11) is 0. The van der Waals surface area contributed by atoms with Crippen molar-refractivity contribution in [2.75, 3.05) is 5.75 Å². The Hall–Kier alpha value is -2.94. The van der Waals surface area contributed by atoms with Gasteiger partial charge in [-0.25, -0.2) is 9.97 Å². The molecule has 0 fully saturated rings. The number of aromatic nitrogens is 6. The lowest BCUT2D eigenvalue weighted by molar-refractivity contribution is -0.119. The van der Waals surface area contributed by atoms with Crippen molar-refractivity contribution in [1.29, 1.82) is 0 Å². The molecule has 0 spiro atoms. The Bertz CT molecular complexity index is 1230. The van der Waals surface area contributed by atoms with Crippen molar-refractivity contribution in [3.63, 3.8) is 0 Å². The summed E-state index contributed by atoms with van der Waals surface area (Å²) in [5.41, 5.74) is 3.73. The van der Waals surface area contributed by atoms with Gasteiger partial charge in [-0.3, -0.25) is 9.48 Å². The first kappa shape index (κ1) is 21.3. The molecule has 1 atom stereocenters. The first-order chi connectivity index (χ1) is 14.9. The van der Waals surface area contributed by atoms with Crippen LogP contribution in [0.4, 0.5) is 0 Å². The van der Waals surface area contributed by atoms with Gasteiger partial charge >= 0.3 is 0 Å². The molecule has 1 amide bonds. The highest BCUT2D eigenvalue weighted by Crippen LogP contribution is 2.24. The van der Waals surface area contributed by atoms with Gasteiger partial charge < -0.3 is 5.32 Å². The van der Waals surface area contributed by atoms with Gasteiger partial charge in [0.25, 0.3) is 0 Å². The summed E-state index contributed by atoms with van der Waals surface area (Å²) in [6.07, 6.45) is 1.56. The zero-order valence-corrected chi connectivity index (χ0v) is 19.1. The molecule has 3 heterocycles. The lowest BCUT2D eigenvalue weighted by Gasteiger charge is -2.11.